The maximum Gasteiger partial charge on any atom is 0.251 e. The summed E-state index contributed by atoms with van der Waals surface area (Å²) in [5.74, 6) is -0.132. The molecule has 27 heavy (non-hydrogen) atoms. The number of hydrogen-bond acceptors (Lipinski definition) is 3. The second-order valence-corrected chi connectivity index (χ2v) is 9.77. The Balaban J connectivity index is 1.46. The van der Waals surface area contributed by atoms with Crippen molar-refractivity contribution in [3.63, 3.8) is 0 Å². The van der Waals surface area contributed by atoms with Crippen LogP contribution in [0.3, 0.4) is 0 Å². The van der Waals surface area contributed by atoms with E-state index in [2.05, 4.69) is 30.4 Å². The Kier molecular flexibility index (Phi) is 4.46. The molecule has 4 rings (SSSR count). The number of fused-ring (bicyclic) bond motifs is 1. The first-order chi connectivity index (χ1) is 12.9. The molecule has 0 heterocycles. The van der Waals surface area contributed by atoms with Crippen molar-refractivity contribution in [3.8, 4) is 0 Å². The molecule has 0 unspecified atom stereocenters. The van der Waals surface area contributed by atoms with Crippen LogP contribution in [0.2, 0.25) is 0 Å². The van der Waals surface area contributed by atoms with Crippen molar-refractivity contribution >= 4 is 21.6 Å². The molecule has 0 spiro atoms. The molecule has 0 aromatic heterocycles. The molecule has 1 fully saturated rings. The second kappa shape index (κ2) is 6.68. The average Bonchev–Trinajstić information content (AvgIpc) is 3.45. The van der Waals surface area contributed by atoms with Gasteiger partial charge in [-0.2, -0.15) is 0 Å². The molecule has 2 aromatic rings. The molecule has 6 heteroatoms. The highest BCUT2D eigenvalue weighted by Crippen LogP contribution is 2.33. The van der Waals surface area contributed by atoms with Crippen LogP contribution in [0.15, 0.2) is 42.5 Å². The van der Waals surface area contributed by atoms with Gasteiger partial charge in [-0.05, 0) is 68.0 Å². The first-order valence-electron chi connectivity index (χ1n) is 9.34. The summed E-state index contributed by atoms with van der Waals surface area (Å²) in [4.78, 5) is 12.6. The van der Waals surface area contributed by atoms with Crippen molar-refractivity contribution in [1.82, 2.24) is 5.32 Å². The van der Waals surface area contributed by atoms with Crippen molar-refractivity contribution in [1.29, 1.82) is 0 Å². The molecule has 0 saturated heterocycles. The molecule has 1 atom stereocenters. The number of anilines is 1. The van der Waals surface area contributed by atoms with E-state index in [1.54, 1.807) is 31.3 Å². The quantitative estimate of drug-likeness (QED) is 0.860. The lowest BCUT2D eigenvalue weighted by molar-refractivity contribution is 0.0936. The Morgan fingerprint density at radius 3 is 2.44 bits per heavy atom. The van der Waals surface area contributed by atoms with Crippen LogP contribution in [0, 0.1) is 6.92 Å². The summed E-state index contributed by atoms with van der Waals surface area (Å²) in [6.45, 7) is 2.08. The Labute approximate surface area is 160 Å². The molecule has 142 valence electrons. The van der Waals surface area contributed by atoms with Crippen LogP contribution in [0.4, 0.5) is 5.69 Å². The zero-order valence-electron chi connectivity index (χ0n) is 15.6. The highest BCUT2D eigenvalue weighted by atomic mass is 32.2. The number of rotatable bonds is 5. The molecule has 2 aromatic carbocycles. The predicted molar refractivity (Wildman–Crippen MR) is 106 cm³/mol. The van der Waals surface area contributed by atoms with Gasteiger partial charge in [-0.3, -0.25) is 9.10 Å². The minimum atomic E-state index is -3.27. The van der Waals surface area contributed by atoms with Gasteiger partial charge >= 0.3 is 0 Å². The third-order valence-electron chi connectivity index (χ3n) is 5.50. The van der Waals surface area contributed by atoms with Crippen LogP contribution >= 0.6 is 0 Å². The number of nitrogens with one attached hydrogen (secondary N) is 1. The van der Waals surface area contributed by atoms with Gasteiger partial charge in [0.15, 0.2) is 0 Å². The average molecular weight is 385 g/mol. The molecule has 2 aliphatic rings. The van der Waals surface area contributed by atoms with Gasteiger partial charge in [-0.25, -0.2) is 8.42 Å². The minimum Gasteiger partial charge on any atom is -0.345 e. The van der Waals surface area contributed by atoms with E-state index in [4.69, 9.17) is 0 Å². The van der Waals surface area contributed by atoms with Gasteiger partial charge in [-0.1, -0.05) is 23.8 Å². The third-order valence-corrected chi connectivity index (χ3v) is 7.79. The van der Waals surface area contributed by atoms with E-state index in [0.717, 1.165) is 25.7 Å². The van der Waals surface area contributed by atoms with Crippen LogP contribution < -0.4 is 9.62 Å². The van der Waals surface area contributed by atoms with Crippen molar-refractivity contribution in [2.24, 2.45) is 0 Å². The summed E-state index contributed by atoms with van der Waals surface area (Å²) in [6.07, 6.45) is 3.35. The number of sulfonamides is 1. The zero-order valence-corrected chi connectivity index (χ0v) is 16.4. The number of hydrogen-bond donors (Lipinski definition) is 1. The molecule has 1 amide bonds. The van der Waals surface area contributed by atoms with Crippen molar-refractivity contribution in [2.45, 2.75) is 43.9 Å². The maximum absolute atomic E-state index is 12.6. The van der Waals surface area contributed by atoms with Crippen LogP contribution in [-0.4, -0.2) is 26.6 Å². The topological polar surface area (TPSA) is 66.5 Å². The van der Waals surface area contributed by atoms with Crippen molar-refractivity contribution in [2.75, 3.05) is 11.4 Å². The van der Waals surface area contributed by atoms with Gasteiger partial charge in [-0.15, -0.1) is 0 Å². The first kappa shape index (κ1) is 18.0. The molecule has 2 aliphatic carbocycles. The molecule has 0 radical (unpaired) electrons. The summed E-state index contributed by atoms with van der Waals surface area (Å²) in [6, 6.07) is 13.2. The third kappa shape index (κ3) is 3.46. The number of benzene rings is 2. The van der Waals surface area contributed by atoms with E-state index in [0.29, 0.717) is 11.3 Å². The van der Waals surface area contributed by atoms with Crippen molar-refractivity contribution < 1.29 is 13.2 Å². The lowest BCUT2D eigenvalue weighted by Crippen LogP contribution is -2.30. The van der Waals surface area contributed by atoms with E-state index >= 15 is 0 Å². The fourth-order valence-corrected chi connectivity index (χ4v) is 5.29. The molecular formula is C21H24N2O3S. The van der Waals surface area contributed by atoms with E-state index in [1.807, 2.05) is 0 Å². The molecular weight excluding hydrogens is 360 g/mol. The summed E-state index contributed by atoms with van der Waals surface area (Å²) >= 11 is 0. The molecule has 1 saturated carbocycles. The fraction of sp³-hybridized carbons (Fsp3) is 0.381. The zero-order chi connectivity index (χ0) is 19.2. The van der Waals surface area contributed by atoms with Crippen LogP contribution in [0.25, 0.3) is 0 Å². The van der Waals surface area contributed by atoms with Crippen LogP contribution in [0.1, 0.15) is 52.4 Å². The number of nitrogens with zero attached hydrogens (tertiary/aromatic N) is 1. The van der Waals surface area contributed by atoms with Gasteiger partial charge in [0.25, 0.3) is 5.91 Å². The lowest BCUT2D eigenvalue weighted by Gasteiger charge is -2.19. The SMILES string of the molecule is Cc1ccc2c(c1)CC[C@H]2NC(=O)c1ccc(N(C)S(=O)(=O)C2CC2)cc1. The lowest BCUT2D eigenvalue weighted by atomic mass is 10.1. The van der Waals surface area contributed by atoms with Gasteiger partial charge in [0.05, 0.1) is 17.0 Å². The van der Waals surface area contributed by atoms with E-state index in [9.17, 15) is 13.2 Å². The first-order valence-corrected chi connectivity index (χ1v) is 10.8. The highest BCUT2D eigenvalue weighted by Gasteiger charge is 2.38. The minimum absolute atomic E-state index is 0.0331. The predicted octanol–water partition coefficient (Wildman–Crippen LogP) is 3.34. The molecule has 5 nitrogen and oxygen atoms in total. The smallest absolute Gasteiger partial charge is 0.251 e. The monoisotopic (exact) mass is 384 g/mol. The van der Waals surface area contributed by atoms with E-state index < -0.39 is 10.0 Å². The van der Waals surface area contributed by atoms with Crippen LogP contribution in [-0.2, 0) is 16.4 Å². The Morgan fingerprint density at radius 2 is 1.78 bits per heavy atom. The van der Waals surface area contributed by atoms with Gasteiger partial charge < -0.3 is 5.32 Å². The summed E-state index contributed by atoms with van der Waals surface area (Å²) in [5, 5.41) is 2.85. The summed E-state index contributed by atoms with van der Waals surface area (Å²) in [7, 11) is -1.71. The molecule has 1 N–H and O–H groups in total. The molecule has 0 bridgehead atoms. The number of carbonyl (C=O) groups is 1. The number of amides is 1. The van der Waals surface area contributed by atoms with Gasteiger partial charge in [0.1, 0.15) is 0 Å². The number of aryl methyl sites for hydroxylation is 2. The second-order valence-electron chi connectivity index (χ2n) is 7.53. The van der Waals surface area contributed by atoms with E-state index in [-0.39, 0.29) is 17.2 Å². The Bertz CT molecular complexity index is 979. The maximum atomic E-state index is 12.6. The summed E-state index contributed by atoms with van der Waals surface area (Å²) in [5.41, 5.74) is 4.86. The highest BCUT2D eigenvalue weighted by molar-refractivity contribution is 7.93. The Hall–Kier alpha value is -2.34. The Morgan fingerprint density at radius 1 is 1.07 bits per heavy atom. The summed E-state index contributed by atoms with van der Waals surface area (Å²) < 4.78 is 26.0. The van der Waals surface area contributed by atoms with E-state index in [1.165, 1.54) is 21.0 Å². The fourth-order valence-electron chi connectivity index (χ4n) is 3.70. The number of carbonyl (C=O) groups excluding carboxylic acids is 1. The molecule has 0 aliphatic heterocycles. The van der Waals surface area contributed by atoms with Gasteiger partial charge in [0.2, 0.25) is 10.0 Å². The van der Waals surface area contributed by atoms with Crippen LogP contribution in [0.5, 0.6) is 0 Å². The van der Waals surface area contributed by atoms with Gasteiger partial charge in [0, 0.05) is 12.6 Å². The largest absolute Gasteiger partial charge is 0.345 e. The van der Waals surface area contributed by atoms with Crippen molar-refractivity contribution in [3.05, 3.63) is 64.7 Å². The normalized spacial score (nSPS) is 18.8. The standard InChI is InChI=1S/C21H24N2O3S/c1-14-3-11-19-16(13-14)6-12-20(19)22-21(24)15-4-7-17(8-5-15)23(2)27(25,26)18-9-10-18/h3-5,7-8,11,13,18,20H,6,9-10,12H2,1-2H3,(H,22,24)/t20-/m1/s1.